The van der Waals surface area contributed by atoms with Crippen LogP contribution in [-0.2, 0) is 7.05 Å². The number of anilines is 1. The molecule has 0 aromatic carbocycles. The lowest BCUT2D eigenvalue weighted by atomic mass is 10.7. The van der Waals surface area contributed by atoms with Gasteiger partial charge in [-0.1, -0.05) is 0 Å². The minimum atomic E-state index is 0.0843. The van der Waals surface area contributed by atoms with Gasteiger partial charge in [0.2, 0.25) is 5.95 Å². The van der Waals surface area contributed by atoms with Gasteiger partial charge in [-0.05, 0) is 6.07 Å². The predicted molar refractivity (Wildman–Crippen MR) is 67.6 cm³/mol. The molecule has 0 saturated heterocycles. The molecule has 0 aliphatic carbocycles. The van der Waals surface area contributed by atoms with E-state index in [4.69, 9.17) is 4.74 Å². The minimum absolute atomic E-state index is 0.0843. The summed E-state index contributed by atoms with van der Waals surface area (Å²) in [6.07, 6.45) is 4.87. The summed E-state index contributed by atoms with van der Waals surface area (Å²) in [6, 6.07) is 2.01. The molecular formula is C10H11N9O. The molecule has 3 heterocycles. The van der Waals surface area contributed by atoms with Crippen molar-refractivity contribution in [1.29, 1.82) is 0 Å². The Bertz CT molecular complexity index is 705. The van der Waals surface area contributed by atoms with Crippen LogP contribution in [0.5, 0.6) is 12.0 Å². The standard InChI is InChI=1S/C10H11N9O/c1-11-7-14-8(19-5-3-4-13-19)16-10(15-7)20-9-12-6-18(2)17-9/h3-6H,1-2H3,(H,11,14,15,16). The largest absolute Gasteiger partial charge is 0.387 e. The number of hydrogen-bond donors (Lipinski definition) is 1. The summed E-state index contributed by atoms with van der Waals surface area (Å²) in [5.74, 6) is 0.691. The van der Waals surface area contributed by atoms with Gasteiger partial charge in [0.1, 0.15) is 6.33 Å². The van der Waals surface area contributed by atoms with Crippen LogP contribution in [0.25, 0.3) is 5.95 Å². The van der Waals surface area contributed by atoms with E-state index >= 15 is 0 Å². The van der Waals surface area contributed by atoms with Crippen LogP contribution >= 0.6 is 0 Å². The number of rotatable bonds is 4. The van der Waals surface area contributed by atoms with E-state index in [9.17, 15) is 0 Å². The van der Waals surface area contributed by atoms with Gasteiger partial charge in [-0.25, -0.2) is 4.68 Å². The molecule has 102 valence electrons. The summed E-state index contributed by atoms with van der Waals surface area (Å²) in [6.45, 7) is 0. The van der Waals surface area contributed by atoms with Crippen LogP contribution in [0, 0.1) is 0 Å². The zero-order valence-corrected chi connectivity index (χ0v) is 10.8. The number of aryl methyl sites for hydroxylation is 1. The van der Waals surface area contributed by atoms with Gasteiger partial charge in [0.05, 0.1) is 0 Å². The van der Waals surface area contributed by atoms with Crippen molar-refractivity contribution >= 4 is 5.95 Å². The lowest BCUT2D eigenvalue weighted by Gasteiger charge is -2.05. The fourth-order valence-corrected chi connectivity index (χ4v) is 1.44. The molecule has 0 saturated carbocycles. The Morgan fingerprint density at radius 3 is 2.75 bits per heavy atom. The lowest BCUT2D eigenvalue weighted by molar-refractivity contribution is 0.402. The van der Waals surface area contributed by atoms with Crippen molar-refractivity contribution in [2.45, 2.75) is 0 Å². The molecule has 20 heavy (non-hydrogen) atoms. The van der Waals surface area contributed by atoms with Crippen LogP contribution in [0.2, 0.25) is 0 Å². The van der Waals surface area contributed by atoms with E-state index in [0.29, 0.717) is 11.9 Å². The van der Waals surface area contributed by atoms with Crippen LogP contribution in [0.3, 0.4) is 0 Å². The second kappa shape index (κ2) is 4.91. The molecule has 10 nitrogen and oxygen atoms in total. The average molecular weight is 273 g/mol. The third-order valence-electron chi connectivity index (χ3n) is 2.30. The molecule has 1 N–H and O–H groups in total. The number of aromatic nitrogens is 8. The summed E-state index contributed by atoms with van der Waals surface area (Å²) < 4.78 is 8.41. The fraction of sp³-hybridized carbons (Fsp3) is 0.200. The van der Waals surface area contributed by atoms with Crippen molar-refractivity contribution in [3.8, 4) is 18.0 Å². The lowest BCUT2D eigenvalue weighted by Crippen LogP contribution is -2.08. The normalized spacial score (nSPS) is 10.5. The maximum Gasteiger partial charge on any atom is 0.343 e. The fourth-order valence-electron chi connectivity index (χ4n) is 1.44. The van der Waals surface area contributed by atoms with Gasteiger partial charge in [0, 0.05) is 26.5 Å². The van der Waals surface area contributed by atoms with Gasteiger partial charge in [0.15, 0.2) is 0 Å². The molecule has 0 amide bonds. The Balaban J connectivity index is 1.96. The molecule has 0 aliphatic rings. The Hall–Kier alpha value is -3.04. The zero-order valence-electron chi connectivity index (χ0n) is 10.8. The van der Waals surface area contributed by atoms with Crippen LogP contribution in [0.1, 0.15) is 0 Å². The molecule has 3 aromatic heterocycles. The first-order valence-corrected chi connectivity index (χ1v) is 5.72. The molecule has 0 unspecified atom stereocenters. The van der Waals surface area contributed by atoms with Crippen molar-refractivity contribution in [2.75, 3.05) is 12.4 Å². The summed E-state index contributed by atoms with van der Waals surface area (Å²) in [7, 11) is 3.44. The van der Waals surface area contributed by atoms with Gasteiger partial charge in [0.25, 0.3) is 5.95 Å². The van der Waals surface area contributed by atoms with Crippen LogP contribution in [-0.4, -0.2) is 46.5 Å². The summed E-state index contributed by atoms with van der Waals surface area (Å²) in [5, 5.41) is 10.9. The Labute approximate surface area is 113 Å². The third-order valence-corrected chi connectivity index (χ3v) is 2.30. The van der Waals surface area contributed by atoms with Crippen molar-refractivity contribution in [1.82, 2.24) is 39.5 Å². The quantitative estimate of drug-likeness (QED) is 0.708. The second-order valence-corrected chi connectivity index (χ2v) is 3.75. The Morgan fingerprint density at radius 2 is 2.10 bits per heavy atom. The molecule has 0 bridgehead atoms. The van der Waals surface area contributed by atoms with Gasteiger partial charge in [-0.3, -0.25) is 4.68 Å². The van der Waals surface area contributed by atoms with Crippen molar-refractivity contribution < 1.29 is 4.74 Å². The minimum Gasteiger partial charge on any atom is -0.387 e. The Morgan fingerprint density at radius 1 is 1.20 bits per heavy atom. The topological polar surface area (TPSA) is 108 Å². The number of nitrogens with zero attached hydrogens (tertiary/aromatic N) is 8. The second-order valence-electron chi connectivity index (χ2n) is 3.75. The molecule has 3 aromatic rings. The first kappa shape index (κ1) is 12.0. The summed E-state index contributed by atoms with van der Waals surface area (Å²) in [4.78, 5) is 16.4. The van der Waals surface area contributed by atoms with E-state index in [1.807, 2.05) is 0 Å². The molecule has 0 spiro atoms. The Kier molecular flexibility index (Phi) is 2.95. The highest BCUT2D eigenvalue weighted by Crippen LogP contribution is 2.15. The van der Waals surface area contributed by atoms with E-state index in [-0.39, 0.29) is 12.0 Å². The maximum atomic E-state index is 5.39. The zero-order chi connectivity index (χ0) is 13.9. The highest BCUT2D eigenvalue weighted by Gasteiger charge is 2.11. The molecule has 10 heteroatoms. The monoisotopic (exact) mass is 273 g/mol. The van der Waals surface area contributed by atoms with E-state index in [0.717, 1.165) is 0 Å². The predicted octanol–water partition coefficient (Wildman–Crippen LogP) is 0.0198. The number of hydrogen-bond acceptors (Lipinski definition) is 8. The first-order valence-electron chi connectivity index (χ1n) is 5.72. The molecule has 0 fully saturated rings. The number of nitrogens with one attached hydrogen (secondary N) is 1. The van der Waals surface area contributed by atoms with Crippen LogP contribution in [0.15, 0.2) is 24.8 Å². The highest BCUT2D eigenvalue weighted by molar-refractivity contribution is 5.29. The molecule has 0 radical (unpaired) electrons. The smallest absolute Gasteiger partial charge is 0.343 e. The van der Waals surface area contributed by atoms with Crippen LogP contribution in [0.4, 0.5) is 5.95 Å². The van der Waals surface area contributed by atoms with E-state index in [2.05, 4.69) is 35.5 Å². The SMILES string of the molecule is CNc1nc(Oc2ncn(C)n2)nc(-n2cccn2)n1. The molecule has 0 aliphatic heterocycles. The van der Waals surface area contributed by atoms with Gasteiger partial charge in [-0.15, -0.1) is 5.10 Å². The van der Waals surface area contributed by atoms with Crippen molar-refractivity contribution in [3.05, 3.63) is 24.8 Å². The van der Waals surface area contributed by atoms with Gasteiger partial charge < -0.3 is 10.1 Å². The summed E-state index contributed by atoms with van der Waals surface area (Å²) >= 11 is 0. The highest BCUT2D eigenvalue weighted by atomic mass is 16.5. The van der Waals surface area contributed by atoms with Crippen LogP contribution < -0.4 is 10.1 Å². The van der Waals surface area contributed by atoms with E-state index in [1.165, 1.54) is 15.7 Å². The van der Waals surface area contributed by atoms with Gasteiger partial charge >= 0.3 is 12.0 Å². The first-order chi connectivity index (χ1) is 9.74. The number of ether oxygens (including phenoxy) is 1. The molecular weight excluding hydrogens is 262 g/mol. The van der Waals surface area contributed by atoms with E-state index in [1.54, 1.807) is 32.6 Å². The molecule has 0 atom stereocenters. The molecule has 3 rings (SSSR count). The maximum absolute atomic E-state index is 5.39. The average Bonchev–Trinajstić information content (AvgIpc) is 3.10. The summed E-state index contributed by atoms with van der Waals surface area (Å²) in [5.41, 5.74) is 0. The van der Waals surface area contributed by atoms with Crippen molar-refractivity contribution in [2.24, 2.45) is 7.05 Å². The van der Waals surface area contributed by atoms with Gasteiger partial charge in [-0.2, -0.15) is 25.0 Å². The third kappa shape index (κ3) is 2.39. The van der Waals surface area contributed by atoms with E-state index < -0.39 is 0 Å². The van der Waals surface area contributed by atoms with Crippen molar-refractivity contribution in [3.63, 3.8) is 0 Å².